The lowest BCUT2D eigenvalue weighted by atomic mass is 9.87. The van der Waals surface area contributed by atoms with Gasteiger partial charge in [-0.05, 0) is 38.1 Å². The molecule has 1 saturated heterocycles. The molecule has 1 aromatic carbocycles. The third-order valence-corrected chi connectivity index (χ3v) is 4.48. The summed E-state index contributed by atoms with van der Waals surface area (Å²) >= 11 is 0. The van der Waals surface area contributed by atoms with Crippen LogP contribution in [0.5, 0.6) is 0 Å². The Balaban J connectivity index is 1.83. The molecular weight excluding hydrogens is 266 g/mol. The third kappa shape index (κ3) is 1.92. The summed E-state index contributed by atoms with van der Waals surface area (Å²) in [6.45, 7) is 1.93. The predicted octanol–water partition coefficient (Wildman–Crippen LogP) is 2.13. The van der Waals surface area contributed by atoms with Crippen molar-refractivity contribution in [2.24, 2.45) is 0 Å². The Bertz CT molecular complexity index is 632. The standard InChI is InChI=1S/C16H19N3O2/c1-20-15-14-13(16(21-15)7-9-17-10-8-16)11-18-19(14)12-5-3-2-4-6-12/h2-6,11,15,17H,7-10H2,1H3. The van der Waals surface area contributed by atoms with Gasteiger partial charge in [0.25, 0.3) is 0 Å². The molecule has 0 radical (unpaired) electrons. The molecule has 4 rings (SSSR count). The van der Waals surface area contributed by atoms with Gasteiger partial charge in [0.1, 0.15) is 11.3 Å². The van der Waals surface area contributed by atoms with Gasteiger partial charge in [0, 0.05) is 12.7 Å². The van der Waals surface area contributed by atoms with E-state index in [9.17, 15) is 0 Å². The average Bonchev–Trinajstić information content (AvgIpc) is 3.10. The normalized spacial score (nSPS) is 23.4. The molecule has 3 heterocycles. The highest BCUT2D eigenvalue weighted by Crippen LogP contribution is 2.49. The lowest BCUT2D eigenvalue weighted by Crippen LogP contribution is -2.39. The molecule has 1 atom stereocenters. The first-order valence-electron chi connectivity index (χ1n) is 7.39. The zero-order valence-electron chi connectivity index (χ0n) is 12.1. The number of rotatable bonds is 2. The molecule has 2 aliphatic heterocycles. The van der Waals surface area contributed by atoms with Gasteiger partial charge in [0.2, 0.25) is 6.29 Å². The van der Waals surface area contributed by atoms with Crippen molar-refractivity contribution in [3.8, 4) is 5.69 Å². The van der Waals surface area contributed by atoms with Gasteiger partial charge in [-0.2, -0.15) is 5.10 Å². The molecule has 1 spiro atoms. The second-order valence-electron chi connectivity index (χ2n) is 5.62. The van der Waals surface area contributed by atoms with Crippen molar-refractivity contribution in [2.75, 3.05) is 20.2 Å². The number of nitrogens with one attached hydrogen (secondary N) is 1. The van der Waals surface area contributed by atoms with Crippen molar-refractivity contribution < 1.29 is 9.47 Å². The third-order valence-electron chi connectivity index (χ3n) is 4.48. The van der Waals surface area contributed by atoms with E-state index in [-0.39, 0.29) is 11.9 Å². The van der Waals surface area contributed by atoms with Crippen molar-refractivity contribution in [3.05, 3.63) is 47.8 Å². The number of aromatic nitrogens is 2. The smallest absolute Gasteiger partial charge is 0.202 e. The Morgan fingerprint density at radius 2 is 2.05 bits per heavy atom. The van der Waals surface area contributed by atoms with Gasteiger partial charge in [-0.3, -0.25) is 0 Å². The first-order chi connectivity index (χ1) is 10.3. The van der Waals surface area contributed by atoms with Crippen LogP contribution in [0.4, 0.5) is 0 Å². The Labute approximate surface area is 123 Å². The maximum absolute atomic E-state index is 6.29. The summed E-state index contributed by atoms with van der Waals surface area (Å²) in [5.41, 5.74) is 3.01. The first kappa shape index (κ1) is 13.0. The summed E-state index contributed by atoms with van der Waals surface area (Å²) in [6.07, 6.45) is 3.52. The van der Waals surface area contributed by atoms with E-state index in [0.29, 0.717) is 0 Å². The van der Waals surface area contributed by atoms with E-state index in [2.05, 4.69) is 10.4 Å². The van der Waals surface area contributed by atoms with Crippen LogP contribution >= 0.6 is 0 Å². The number of benzene rings is 1. The van der Waals surface area contributed by atoms with Crippen LogP contribution in [0.1, 0.15) is 30.4 Å². The number of methoxy groups -OCH3 is 1. The van der Waals surface area contributed by atoms with E-state index in [1.165, 1.54) is 5.56 Å². The molecule has 1 N–H and O–H groups in total. The van der Waals surface area contributed by atoms with Crippen molar-refractivity contribution in [1.29, 1.82) is 0 Å². The Hall–Kier alpha value is -1.69. The van der Waals surface area contributed by atoms with Crippen LogP contribution < -0.4 is 5.32 Å². The molecule has 1 unspecified atom stereocenters. The highest BCUT2D eigenvalue weighted by molar-refractivity contribution is 5.40. The molecule has 2 aromatic rings. The highest BCUT2D eigenvalue weighted by atomic mass is 16.7. The van der Waals surface area contributed by atoms with Crippen molar-refractivity contribution >= 4 is 0 Å². The largest absolute Gasteiger partial charge is 0.350 e. The van der Waals surface area contributed by atoms with E-state index in [1.54, 1.807) is 7.11 Å². The number of para-hydroxylation sites is 1. The molecule has 1 aromatic heterocycles. The zero-order chi connectivity index (χ0) is 14.3. The van der Waals surface area contributed by atoms with Crippen LogP contribution in [-0.4, -0.2) is 30.0 Å². The predicted molar refractivity (Wildman–Crippen MR) is 78.2 cm³/mol. The lowest BCUT2D eigenvalue weighted by molar-refractivity contribution is -0.198. The summed E-state index contributed by atoms with van der Waals surface area (Å²) in [5.74, 6) is 0. The Kier molecular flexibility index (Phi) is 3.06. The molecule has 0 bridgehead atoms. The molecule has 5 nitrogen and oxygen atoms in total. The minimum Gasteiger partial charge on any atom is -0.350 e. The quantitative estimate of drug-likeness (QED) is 0.918. The maximum Gasteiger partial charge on any atom is 0.202 e. The second-order valence-corrected chi connectivity index (χ2v) is 5.62. The van der Waals surface area contributed by atoms with Gasteiger partial charge in [-0.1, -0.05) is 18.2 Å². The number of ether oxygens (including phenoxy) is 2. The van der Waals surface area contributed by atoms with Crippen molar-refractivity contribution in [1.82, 2.24) is 15.1 Å². The fourth-order valence-corrected chi connectivity index (χ4v) is 3.41. The summed E-state index contributed by atoms with van der Waals surface area (Å²) in [4.78, 5) is 0. The van der Waals surface area contributed by atoms with E-state index in [0.717, 1.165) is 37.3 Å². The van der Waals surface area contributed by atoms with Crippen LogP contribution in [0.25, 0.3) is 5.69 Å². The van der Waals surface area contributed by atoms with Gasteiger partial charge in [0.05, 0.1) is 11.9 Å². The fraction of sp³-hybridized carbons (Fsp3) is 0.438. The molecule has 110 valence electrons. The maximum atomic E-state index is 6.29. The number of nitrogens with zero attached hydrogens (tertiary/aromatic N) is 2. The van der Waals surface area contributed by atoms with Crippen LogP contribution in [0.15, 0.2) is 36.5 Å². The minimum absolute atomic E-state index is 0.242. The molecule has 0 aliphatic carbocycles. The number of piperidine rings is 1. The highest BCUT2D eigenvalue weighted by Gasteiger charge is 2.48. The summed E-state index contributed by atoms with van der Waals surface area (Å²) in [7, 11) is 1.69. The molecule has 5 heteroatoms. The van der Waals surface area contributed by atoms with Crippen LogP contribution in [0.3, 0.4) is 0 Å². The van der Waals surface area contributed by atoms with Gasteiger partial charge in [-0.15, -0.1) is 0 Å². The van der Waals surface area contributed by atoms with E-state index in [4.69, 9.17) is 9.47 Å². The number of fused-ring (bicyclic) bond motifs is 2. The van der Waals surface area contributed by atoms with Gasteiger partial charge in [-0.25, -0.2) is 4.68 Å². The summed E-state index contributed by atoms with van der Waals surface area (Å²) in [5, 5.41) is 7.98. The van der Waals surface area contributed by atoms with Gasteiger partial charge in [0.15, 0.2) is 0 Å². The number of hydrogen-bond acceptors (Lipinski definition) is 4. The van der Waals surface area contributed by atoms with Crippen molar-refractivity contribution in [3.63, 3.8) is 0 Å². The van der Waals surface area contributed by atoms with Gasteiger partial charge < -0.3 is 14.8 Å². The molecule has 0 saturated carbocycles. The van der Waals surface area contributed by atoms with Crippen molar-refractivity contribution in [2.45, 2.75) is 24.7 Å². The lowest BCUT2D eigenvalue weighted by Gasteiger charge is -2.33. The zero-order valence-corrected chi connectivity index (χ0v) is 12.1. The average molecular weight is 285 g/mol. The van der Waals surface area contributed by atoms with E-state index >= 15 is 0 Å². The van der Waals surface area contributed by atoms with Crippen LogP contribution in [0.2, 0.25) is 0 Å². The molecule has 1 fully saturated rings. The van der Waals surface area contributed by atoms with E-state index < -0.39 is 0 Å². The fourth-order valence-electron chi connectivity index (χ4n) is 3.41. The van der Waals surface area contributed by atoms with Gasteiger partial charge >= 0.3 is 0 Å². The SMILES string of the molecule is COC1OC2(CCNCC2)c2cnn(-c3ccccc3)c21. The topological polar surface area (TPSA) is 48.3 Å². The molecule has 0 amide bonds. The minimum atomic E-state index is -0.346. The van der Waals surface area contributed by atoms with Crippen LogP contribution in [-0.2, 0) is 15.1 Å². The summed E-state index contributed by atoms with van der Waals surface area (Å²) < 4.78 is 13.8. The molecule has 21 heavy (non-hydrogen) atoms. The number of hydrogen-bond donors (Lipinski definition) is 1. The van der Waals surface area contributed by atoms with E-state index in [1.807, 2.05) is 41.2 Å². The first-order valence-corrected chi connectivity index (χ1v) is 7.39. The second kappa shape index (κ2) is 4.94. The molecule has 2 aliphatic rings. The monoisotopic (exact) mass is 285 g/mol. The molecular formula is C16H19N3O2. The summed E-state index contributed by atoms with van der Waals surface area (Å²) in [6, 6.07) is 10.1. The van der Waals surface area contributed by atoms with Crippen LogP contribution in [0, 0.1) is 0 Å². The Morgan fingerprint density at radius 1 is 1.29 bits per heavy atom. The Morgan fingerprint density at radius 3 is 2.76 bits per heavy atom.